The van der Waals surface area contributed by atoms with Crippen molar-refractivity contribution >= 4 is 27.8 Å². The van der Waals surface area contributed by atoms with Gasteiger partial charge < -0.3 is 15.4 Å². The molecule has 7 heteroatoms. The van der Waals surface area contributed by atoms with Gasteiger partial charge >= 0.3 is 6.01 Å². The maximum Gasteiger partial charge on any atom is 0.328 e. The summed E-state index contributed by atoms with van der Waals surface area (Å²) in [6, 6.07) is 7.69. The maximum atomic E-state index is 5.77. The van der Waals surface area contributed by atoms with Crippen LogP contribution in [-0.4, -0.2) is 28.0 Å². The van der Waals surface area contributed by atoms with Crippen molar-refractivity contribution in [1.29, 1.82) is 0 Å². The standard InChI is InChI=1S/C14H16BrN5O/c15-10-4-6-11(7-5-10)21-14-18-12(16)17-13(19-14)20-8-2-1-3-9-20/h4-7H,1-3,8-9H2,(H2,16,17,18,19). The van der Waals surface area contributed by atoms with E-state index in [1.165, 1.54) is 6.42 Å². The zero-order valence-electron chi connectivity index (χ0n) is 11.5. The van der Waals surface area contributed by atoms with Crippen LogP contribution in [0.4, 0.5) is 11.9 Å². The van der Waals surface area contributed by atoms with Gasteiger partial charge in [0.05, 0.1) is 0 Å². The minimum Gasteiger partial charge on any atom is -0.424 e. The number of nitrogens with zero attached hydrogens (tertiary/aromatic N) is 4. The minimum atomic E-state index is 0.178. The first-order valence-electron chi connectivity index (χ1n) is 6.90. The highest BCUT2D eigenvalue weighted by Gasteiger charge is 2.16. The first kappa shape index (κ1) is 14.1. The number of nitrogen functional groups attached to an aromatic ring is 1. The third-order valence-corrected chi connectivity index (χ3v) is 3.81. The van der Waals surface area contributed by atoms with Crippen LogP contribution in [0.3, 0.4) is 0 Å². The molecule has 1 aromatic carbocycles. The second-order valence-electron chi connectivity index (χ2n) is 4.88. The van der Waals surface area contributed by atoms with Gasteiger partial charge in [0, 0.05) is 17.6 Å². The number of piperidine rings is 1. The van der Waals surface area contributed by atoms with Gasteiger partial charge in [0.1, 0.15) is 5.75 Å². The number of rotatable bonds is 3. The molecule has 21 heavy (non-hydrogen) atoms. The minimum absolute atomic E-state index is 0.178. The van der Waals surface area contributed by atoms with E-state index in [1.54, 1.807) is 0 Å². The van der Waals surface area contributed by atoms with Gasteiger partial charge in [-0.05, 0) is 43.5 Å². The normalized spacial score (nSPS) is 15.0. The second kappa shape index (κ2) is 6.26. The average Bonchev–Trinajstić information content (AvgIpc) is 2.50. The van der Waals surface area contributed by atoms with Crippen LogP contribution >= 0.6 is 15.9 Å². The van der Waals surface area contributed by atoms with E-state index in [4.69, 9.17) is 10.5 Å². The topological polar surface area (TPSA) is 77.2 Å². The van der Waals surface area contributed by atoms with Gasteiger partial charge in [0.15, 0.2) is 0 Å². The van der Waals surface area contributed by atoms with Gasteiger partial charge in [-0.1, -0.05) is 15.9 Å². The van der Waals surface area contributed by atoms with Crippen LogP contribution in [0.1, 0.15) is 19.3 Å². The summed E-state index contributed by atoms with van der Waals surface area (Å²) in [7, 11) is 0. The quantitative estimate of drug-likeness (QED) is 0.917. The average molecular weight is 350 g/mol. The number of anilines is 2. The molecule has 0 bridgehead atoms. The van der Waals surface area contributed by atoms with Crippen LogP contribution in [0.5, 0.6) is 11.8 Å². The number of hydrogen-bond donors (Lipinski definition) is 1. The van der Waals surface area contributed by atoms with Crippen LogP contribution in [0.2, 0.25) is 0 Å². The SMILES string of the molecule is Nc1nc(Oc2ccc(Br)cc2)nc(N2CCCCC2)n1. The van der Waals surface area contributed by atoms with Crippen LogP contribution < -0.4 is 15.4 Å². The number of benzene rings is 1. The summed E-state index contributed by atoms with van der Waals surface area (Å²) in [5.74, 6) is 1.43. The molecular weight excluding hydrogens is 334 g/mol. The summed E-state index contributed by atoms with van der Waals surface area (Å²) in [5.41, 5.74) is 5.77. The molecule has 0 amide bonds. The van der Waals surface area contributed by atoms with Gasteiger partial charge in [-0.15, -0.1) is 0 Å². The van der Waals surface area contributed by atoms with Crippen molar-refractivity contribution in [2.45, 2.75) is 19.3 Å². The smallest absolute Gasteiger partial charge is 0.328 e. The zero-order chi connectivity index (χ0) is 14.7. The molecule has 2 heterocycles. The summed E-state index contributed by atoms with van der Waals surface area (Å²) in [4.78, 5) is 14.7. The first-order chi connectivity index (χ1) is 10.2. The number of aromatic nitrogens is 3. The molecule has 110 valence electrons. The van der Waals surface area contributed by atoms with Gasteiger partial charge in [-0.2, -0.15) is 15.0 Å². The molecule has 2 N–H and O–H groups in total. The van der Waals surface area contributed by atoms with E-state index in [9.17, 15) is 0 Å². The van der Waals surface area contributed by atoms with Crippen LogP contribution in [0.15, 0.2) is 28.7 Å². The fourth-order valence-electron chi connectivity index (χ4n) is 2.25. The summed E-state index contributed by atoms with van der Waals surface area (Å²) < 4.78 is 6.64. The van der Waals surface area contributed by atoms with Crippen molar-refractivity contribution in [2.75, 3.05) is 23.7 Å². The van der Waals surface area contributed by atoms with E-state index in [0.29, 0.717) is 11.7 Å². The molecule has 1 fully saturated rings. The monoisotopic (exact) mass is 349 g/mol. The molecule has 2 aromatic rings. The van der Waals surface area contributed by atoms with Gasteiger partial charge in [-0.3, -0.25) is 0 Å². The lowest BCUT2D eigenvalue weighted by Crippen LogP contribution is -2.31. The predicted molar refractivity (Wildman–Crippen MR) is 84.5 cm³/mol. The lowest BCUT2D eigenvalue weighted by Gasteiger charge is -2.26. The van der Waals surface area contributed by atoms with E-state index in [1.807, 2.05) is 24.3 Å². The molecule has 1 aromatic heterocycles. The summed E-state index contributed by atoms with van der Waals surface area (Å²) in [6.07, 6.45) is 3.54. The highest BCUT2D eigenvalue weighted by molar-refractivity contribution is 9.10. The molecule has 1 aliphatic heterocycles. The molecule has 0 saturated carbocycles. The number of ether oxygens (including phenoxy) is 1. The van der Waals surface area contributed by atoms with Crippen molar-refractivity contribution in [3.63, 3.8) is 0 Å². The first-order valence-corrected chi connectivity index (χ1v) is 7.70. The van der Waals surface area contributed by atoms with E-state index in [-0.39, 0.29) is 12.0 Å². The Kier molecular flexibility index (Phi) is 4.19. The Morgan fingerprint density at radius 1 is 1.00 bits per heavy atom. The van der Waals surface area contributed by atoms with Crippen molar-refractivity contribution in [3.8, 4) is 11.8 Å². The molecule has 0 unspecified atom stereocenters. The molecule has 3 rings (SSSR count). The second-order valence-corrected chi connectivity index (χ2v) is 5.80. The van der Waals surface area contributed by atoms with E-state index in [0.717, 1.165) is 30.4 Å². The lowest BCUT2D eigenvalue weighted by molar-refractivity contribution is 0.438. The van der Waals surface area contributed by atoms with E-state index >= 15 is 0 Å². The van der Waals surface area contributed by atoms with Gasteiger partial charge in [-0.25, -0.2) is 0 Å². The van der Waals surface area contributed by atoms with Crippen LogP contribution in [-0.2, 0) is 0 Å². The predicted octanol–water partition coefficient (Wildman–Crippen LogP) is 3.00. The number of halogens is 1. The fourth-order valence-corrected chi connectivity index (χ4v) is 2.51. The van der Waals surface area contributed by atoms with Crippen LogP contribution in [0, 0.1) is 0 Å². The largest absolute Gasteiger partial charge is 0.424 e. The van der Waals surface area contributed by atoms with Crippen molar-refractivity contribution < 1.29 is 4.74 Å². The summed E-state index contributed by atoms with van der Waals surface area (Å²) >= 11 is 3.38. The van der Waals surface area contributed by atoms with Crippen molar-refractivity contribution in [2.24, 2.45) is 0 Å². The van der Waals surface area contributed by atoms with E-state index in [2.05, 4.69) is 35.8 Å². The third-order valence-electron chi connectivity index (χ3n) is 3.28. The third kappa shape index (κ3) is 3.60. The lowest BCUT2D eigenvalue weighted by atomic mass is 10.1. The molecule has 1 saturated heterocycles. The van der Waals surface area contributed by atoms with Gasteiger partial charge in [0.25, 0.3) is 0 Å². The molecule has 6 nitrogen and oxygen atoms in total. The molecular formula is C14H16BrN5O. The highest BCUT2D eigenvalue weighted by atomic mass is 79.9. The zero-order valence-corrected chi connectivity index (χ0v) is 13.1. The van der Waals surface area contributed by atoms with Crippen molar-refractivity contribution in [1.82, 2.24) is 15.0 Å². The Hall–Kier alpha value is -1.89. The summed E-state index contributed by atoms with van der Waals surface area (Å²) in [6.45, 7) is 1.89. The molecule has 1 aliphatic rings. The van der Waals surface area contributed by atoms with Crippen molar-refractivity contribution in [3.05, 3.63) is 28.7 Å². The summed E-state index contributed by atoms with van der Waals surface area (Å²) in [5, 5.41) is 0. The Bertz CT molecular complexity index is 613. The Morgan fingerprint density at radius 2 is 1.71 bits per heavy atom. The van der Waals surface area contributed by atoms with Gasteiger partial charge in [0.2, 0.25) is 11.9 Å². The molecule has 0 atom stereocenters. The highest BCUT2D eigenvalue weighted by Crippen LogP contribution is 2.23. The van der Waals surface area contributed by atoms with E-state index < -0.39 is 0 Å². The molecule has 0 radical (unpaired) electrons. The fraction of sp³-hybridized carbons (Fsp3) is 0.357. The maximum absolute atomic E-state index is 5.77. The molecule has 0 aliphatic carbocycles. The Balaban J connectivity index is 1.81. The molecule has 0 spiro atoms. The number of hydrogen-bond acceptors (Lipinski definition) is 6. The number of nitrogens with two attached hydrogens (primary N) is 1. The Labute approximate surface area is 131 Å². The van der Waals surface area contributed by atoms with Crippen LogP contribution in [0.25, 0.3) is 0 Å². The Morgan fingerprint density at radius 3 is 2.43 bits per heavy atom.